The molecule has 0 fully saturated rings. The van der Waals surface area contributed by atoms with Crippen molar-refractivity contribution in [3.63, 3.8) is 0 Å². The third kappa shape index (κ3) is 3.49. The summed E-state index contributed by atoms with van der Waals surface area (Å²) in [5.74, 6) is 0.435. The second kappa shape index (κ2) is 6.89. The number of nitrogens with zero attached hydrogens (tertiary/aromatic N) is 1. The fourth-order valence-corrected chi connectivity index (χ4v) is 2.64. The minimum absolute atomic E-state index is 0.0561. The highest BCUT2D eigenvalue weighted by atomic mass is 35.5. The van der Waals surface area contributed by atoms with Crippen LogP contribution in [-0.4, -0.2) is 17.5 Å². The van der Waals surface area contributed by atoms with Crippen LogP contribution in [0.5, 0.6) is 5.75 Å². The van der Waals surface area contributed by atoms with Gasteiger partial charge in [0, 0.05) is 16.1 Å². The molecule has 0 spiro atoms. The summed E-state index contributed by atoms with van der Waals surface area (Å²) in [7, 11) is 0. The summed E-state index contributed by atoms with van der Waals surface area (Å²) < 4.78 is 5.48. The number of halogens is 1. The van der Waals surface area contributed by atoms with Crippen LogP contribution >= 0.6 is 11.6 Å². The van der Waals surface area contributed by atoms with Crippen LogP contribution in [0.4, 0.5) is 5.69 Å². The first-order valence-corrected chi connectivity index (χ1v) is 7.96. The Morgan fingerprint density at radius 1 is 1.17 bits per heavy atom. The Hall–Kier alpha value is -2.59. The highest BCUT2D eigenvalue weighted by molar-refractivity contribution is 6.32. The zero-order valence-corrected chi connectivity index (χ0v) is 14.2. The number of hydrogen-bond donors (Lipinski definition) is 1. The van der Waals surface area contributed by atoms with Gasteiger partial charge in [-0.25, -0.2) is 0 Å². The smallest absolute Gasteiger partial charge is 0.262 e. The van der Waals surface area contributed by atoms with Crippen LogP contribution < -0.4 is 10.1 Å². The van der Waals surface area contributed by atoms with E-state index in [0.717, 1.165) is 22.2 Å². The number of carbonyl (C=O) groups is 1. The molecule has 2 aromatic carbocycles. The monoisotopic (exact) mass is 340 g/mol. The van der Waals surface area contributed by atoms with E-state index in [4.69, 9.17) is 16.3 Å². The molecule has 0 aliphatic rings. The van der Waals surface area contributed by atoms with Crippen molar-refractivity contribution in [2.45, 2.75) is 13.8 Å². The van der Waals surface area contributed by atoms with Crippen molar-refractivity contribution in [1.29, 1.82) is 0 Å². The summed E-state index contributed by atoms with van der Waals surface area (Å²) in [6.07, 6.45) is 0. The molecule has 1 aromatic heterocycles. The number of fused-ring (bicyclic) bond motifs is 1. The van der Waals surface area contributed by atoms with Gasteiger partial charge in [-0.3, -0.25) is 9.78 Å². The van der Waals surface area contributed by atoms with Crippen LogP contribution in [0.2, 0.25) is 5.02 Å². The molecular formula is C19H17ClN2O2. The largest absolute Gasteiger partial charge is 0.484 e. The summed E-state index contributed by atoms with van der Waals surface area (Å²) in [4.78, 5) is 16.7. The van der Waals surface area contributed by atoms with Crippen LogP contribution in [0.25, 0.3) is 10.9 Å². The molecule has 0 saturated heterocycles. The average molecular weight is 341 g/mol. The van der Waals surface area contributed by atoms with Crippen LogP contribution in [0, 0.1) is 13.8 Å². The molecule has 0 unspecified atom stereocenters. The number of para-hydroxylation sites is 1. The predicted molar refractivity (Wildman–Crippen MR) is 96.8 cm³/mol. The first-order valence-electron chi connectivity index (χ1n) is 7.59. The van der Waals surface area contributed by atoms with Crippen molar-refractivity contribution in [2.75, 3.05) is 11.9 Å². The van der Waals surface area contributed by atoms with Crippen LogP contribution in [-0.2, 0) is 4.79 Å². The number of amides is 1. The molecule has 4 nitrogen and oxygen atoms in total. The Bertz CT molecular complexity index is 895. The number of aryl methyl sites for hydroxylation is 2. The van der Waals surface area contributed by atoms with Gasteiger partial charge < -0.3 is 10.1 Å². The maximum absolute atomic E-state index is 12.2. The number of carbonyl (C=O) groups excluding carboxylic acids is 1. The molecule has 0 aliphatic heterocycles. The normalized spacial score (nSPS) is 10.6. The van der Waals surface area contributed by atoms with E-state index in [0.29, 0.717) is 16.5 Å². The molecule has 0 atom stereocenters. The number of aromatic nitrogens is 1. The number of anilines is 1. The third-order valence-electron chi connectivity index (χ3n) is 3.68. The predicted octanol–water partition coefficient (Wildman–Crippen LogP) is 4.52. The molecule has 1 amide bonds. The van der Waals surface area contributed by atoms with Crippen molar-refractivity contribution in [1.82, 2.24) is 4.98 Å². The third-order valence-corrected chi connectivity index (χ3v) is 4.09. The van der Waals surface area contributed by atoms with Gasteiger partial charge in [-0.2, -0.15) is 0 Å². The van der Waals surface area contributed by atoms with Crippen molar-refractivity contribution < 1.29 is 9.53 Å². The van der Waals surface area contributed by atoms with Gasteiger partial charge in [0.25, 0.3) is 5.91 Å². The lowest BCUT2D eigenvalue weighted by Crippen LogP contribution is -2.20. The lowest BCUT2D eigenvalue weighted by Gasteiger charge is -2.12. The number of ether oxygens (including phenoxy) is 1. The molecule has 122 valence electrons. The molecule has 3 aromatic rings. The quantitative estimate of drug-likeness (QED) is 0.759. The lowest BCUT2D eigenvalue weighted by atomic mass is 10.1. The Morgan fingerprint density at radius 2 is 1.92 bits per heavy atom. The summed E-state index contributed by atoms with van der Waals surface area (Å²) >= 11 is 6.17. The minimum atomic E-state index is -0.224. The highest BCUT2D eigenvalue weighted by Gasteiger charge is 2.11. The van der Waals surface area contributed by atoms with Crippen molar-refractivity contribution in [3.05, 3.63) is 64.8 Å². The topological polar surface area (TPSA) is 51.2 Å². The van der Waals surface area contributed by atoms with Gasteiger partial charge in [0.05, 0.1) is 11.2 Å². The van der Waals surface area contributed by atoms with E-state index in [9.17, 15) is 4.79 Å². The molecule has 1 N–H and O–H groups in total. The van der Waals surface area contributed by atoms with Crippen LogP contribution in [0.3, 0.4) is 0 Å². The number of hydrogen-bond acceptors (Lipinski definition) is 3. The highest BCUT2D eigenvalue weighted by Crippen LogP contribution is 2.29. The SMILES string of the molecule is Cc1cc(NC(=O)COc2ccccc2)c2ccc(Cl)c(C)c2n1. The van der Waals surface area contributed by atoms with Gasteiger partial charge in [-0.15, -0.1) is 0 Å². The van der Waals surface area contributed by atoms with E-state index >= 15 is 0 Å². The Morgan fingerprint density at radius 3 is 2.67 bits per heavy atom. The fraction of sp³-hybridized carbons (Fsp3) is 0.158. The summed E-state index contributed by atoms with van der Waals surface area (Å²) in [5, 5.41) is 4.41. The maximum atomic E-state index is 12.2. The summed E-state index contributed by atoms with van der Waals surface area (Å²) in [5.41, 5.74) is 3.21. The molecule has 3 rings (SSSR count). The van der Waals surface area contributed by atoms with Gasteiger partial charge in [-0.05, 0) is 49.7 Å². The van der Waals surface area contributed by atoms with Gasteiger partial charge in [0.2, 0.25) is 0 Å². The molecule has 0 aliphatic carbocycles. The lowest BCUT2D eigenvalue weighted by molar-refractivity contribution is -0.118. The zero-order valence-electron chi connectivity index (χ0n) is 13.5. The van der Waals surface area contributed by atoms with E-state index in [1.165, 1.54) is 0 Å². The molecule has 0 saturated carbocycles. The standard InChI is InChI=1S/C19H17ClN2O2/c1-12-10-17(15-8-9-16(20)13(2)19(15)21-12)22-18(23)11-24-14-6-4-3-5-7-14/h3-10H,11H2,1-2H3,(H,21,22,23). The molecule has 1 heterocycles. The molecule has 0 bridgehead atoms. The van der Waals surface area contributed by atoms with Gasteiger partial charge in [-0.1, -0.05) is 29.8 Å². The number of benzene rings is 2. The minimum Gasteiger partial charge on any atom is -0.484 e. The Kier molecular flexibility index (Phi) is 4.67. The van der Waals surface area contributed by atoms with E-state index in [-0.39, 0.29) is 12.5 Å². The van der Waals surface area contributed by atoms with Crippen LogP contribution in [0.1, 0.15) is 11.3 Å². The first kappa shape index (κ1) is 16.3. The van der Waals surface area contributed by atoms with E-state index in [1.807, 2.05) is 62.4 Å². The second-order valence-corrected chi connectivity index (χ2v) is 5.94. The van der Waals surface area contributed by atoms with Gasteiger partial charge in [0.1, 0.15) is 5.75 Å². The average Bonchev–Trinajstić information content (AvgIpc) is 2.57. The number of rotatable bonds is 4. The van der Waals surface area contributed by atoms with Gasteiger partial charge >= 0.3 is 0 Å². The molecular weight excluding hydrogens is 324 g/mol. The number of pyridine rings is 1. The Labute approximate surface area is 145 Å². The van der Waals surface area contributed by atoms with Gasteiger partial charge in [0.15, 0.2) is 6.61 Å². The van der Waals surface area contributed by atoms with E-state index in [2.05, 4.69) is 10.3 Å². The van der Waals surface area contributed by atoms with E-state index in [1.54, 1.807) is 0 Å². The maximum Gasteiger partial charge on any atom is 0.262 e. The summed E-state index contributed by atoms with van der Waals surface area (Å²) in [6.45, 7) is 3.75. The number of nitrogens with one attached hydrogen (secondary N) is 1. The summed E-state index contributed by atoms with van der Waals surface area (Å²) in [6, 6.07) is 14.8. The van der Waals surface area contributed by atoms with E-state index < -0.39 is 0 Å². The first-order chi connectivity index (χ1) is 11.5. The van der Waals surface area contributed by atoms with Crippen LogP contribution in [0.15, 0.2) is 48.5 Å². The van der Waals surface area contributed by atoms with Crippen molar-refractivity contribution in [3.8, 4) is 5.75 Å². The second-order valence-electron chi connectivity index (χ2n) is 5.53. The van der Waals surface area contributed by atoms with Crippen molar-refractivity contribution >= 4 is 34.1 Å². The Balaban J connectivity index is 1.82. The molecule has 0 radical (unpaired) electrons. The zero-order chi connectivity index (χ0) is 17.1. The van der Waals surface area contributed by atoms with Crippen molar-refractivity contribution in [2.24, 2.45) is 0 Å². The molecule has 24 heavy (non-hydrogen) atoms. The fourth-order valence-electron chi connectivity index (χ4n) is 2.49. The molecule has 5 heteroatoms.